The third-order valence-corrected chi connectivity index (χ3v) is 2.50. The number of hydrogen-bond donors (Lipinski definition) is 2. The molecule has 3 N–H and O–H groups in total. The van der Waals surface area contributed by atoms with Gasteiger partial charge in [-0.2, -0.15) is 0 Å². The summed E-state index contributed by atoms with van der Waals surface area (Å²) in [5.74, 6) is -0.655. The predicted octanol–water partition coefficient (Wildman–Crippen LogP) is 2.59. The van der Waals surface area contributed by atoms with Crippen LogP contribution in [-0.2, 0) is 11.2 Å². The molecule has 2 rings (SSSR count). The van der Waals surface area contributed by atoms with E-state index in [2.05, 4.69) is 5.32 Å². The first-order valence-corrected chi connectivity index (χ1v) is 5.54. The largest absolute Gasteiger partial charge is 0.397 e. The molecule has 0 saturated heterocycles. The van der Waals surface area contributed by atoms with E-state index < -0.39 is 5.82 Å². The molecule has 0 atom stereocenters. The Hall–Kier alpha value is -2.36. The number of amides is 1. The summed E-state index contributed by atoms with van der Waals surface area (Å²) in [7, 11) is 0. The molecule has 0 unspecified atom stereocenters. The molecule has 0 radical (unpaired) electrons. The van der Waals surface area contributed by atoms with Gasteiger partial charge in [0.2, 0.25) is 5.91 Å². The predicted molar refractivity (Wildman–Crippen MR) is 69.6 cm³/mol. The van der Waals surface area contributed by atoms with Gasteiger partial charge in [-0.25, -0.2) is 4.39 Å². The van der Waals surface area contributed by atoms with Crippen LogP contribution in [0.3, 0.4) is 0 Å². The lowest BCUT2D eigenvalue weighted by Crippen LogP contribution is -2.15. The van der Waals surface area contributed by atoms with Gasteiger partial charge in [-0.15, -0.1) is 0 Å². The minimum absolute atomic E-state index is 0.224. The first kappa shape index (κ1) is 12.1. The van der Waals surface area contributed by atoms with Crippen molar-refractivity contribution in [1.29, 1.82) is 0 Å². The highest BCUT2D eigenvalue weighted by atomic mass is 19.1. The van der Waals surface area contributed by atoms with Gasteiger partial charge < -0.3 is 11.1 Å². The van der Waals surface area contributed by atoms with Gasteiger partial charge in [0.1, 0.15) is 5.82 Å². The molecule has 0 aromatic heterocycles. The Morgan fingerprint density at radius 1 is 1.17 bits per heavy atom. The Labute approximate surface area is 104 Å². The molecule has 0 saturated carbocycles. The van der Waals surface area contributed by atoms with Gasteiger partial charge in [0.15, 0.2) is 0 Å². The van der Waals surface area contributed by atoms with Gasteiger partial charge in [-0.05, 0) is 23.8 Å². The molecule has 4 heteroatoms. The smallest absolute Gasteiger partial charge is 0.228 e. The van der Waals surface area contributed by atoms with E-state index in [4.69, 9.17) is 5.73 Å². The summed E-state index contributed by atoms with van der Waals surface area (Å²) >= 11 is 0. The summed E-state index contributed by atoms with van der Waals surface area (Å²) < 4.78 is 13.0. The van der Waals surface area contributed by atoms with E-state index in [1.807, 2.05) is 30.3 Å². The molecule has 0 aliphatic heterocycles. The number of carbonyl (C=O) groups is 1. The summed E-state index contributed by atoms with van der Waals surface area (Å²) in [6.07, 6.45) is 0.233. The fraction of sp³-hybridized carbons (Fsp3) is 0.0714. The van der Waals surface area contributed by atoms with Crippen molar-refractivity contribution in [3.05, 3.63) is 59.9 Å². The number of anilines is 2. The number of hydrogen-bond acceptors (Lipinski definition) is 2. The zero-order valence-corrected chi connectivity index (χ0v) is 9.69. The van der Waals surface area contributed by atoms with Crippen LogP contribution in [0.25, 0.3) is 0 Å². The van der Waals surface area contributed by atoms with Gasteiger partial charge >= 0.3 is 0 Å². The second-order valence-corrected chi connectivity index (χ2v) is 3.94. The zero-order chi connectivity index (χ0) is 13.0. The van der Waals surface area contributed by atoms with E-state index >= 15 is 0 Å². The van der Waals surface area contributed by atoms with Crippen molar-refractivity contribution in [3.63, 3.8) is 0 Å². The molecule has 0 spiro atoms. The van der Waals surface area contributed by atoms with Crippen LogP contribution < -0.4 is 11.1 Å². The summed E-state index contributed by atoms with van der Waals surface area (Å²) in [5, 5.41) is 2.60. The first-order chi connectivity index (χ1) is 8.65. The molecule has 0 fully saturated rings. The molecule has 0 aliphatic carbocycles. The number of nitrogens with two attached hydrogens (primary N) is 1. The molecule has 3 nitrogen and oxygen atoms in total. The normalized spacial score (nSPS) is 10.1. The van der Waals surface area contributed by atoms with Crippen molar-refractivity contribution in [3.8, 4) is 0 Å². The van der Waals surface area contributed by atoms with Gasteiger partial charge in [0, 0.05) is 0 Å². The maximum Gasteiger partial charge on any atom is 0.228 e. The van der Waals surface area contributed by atoms with Crippen LogP contribution in [0, 0.1) is 5.82 Å². The minimum atomic E-state index is -0.431. The molecular formula is C14H13FN2O. The Morgan fingerprint density at radius 3 is 2.61 bits per heavy atom. The number of benzene rings is 2. The second-order valence-electron chi connectivity index (χ2n) is 3.94. The van der Waals surface area contributed by atoms with Crippen molar-refractivity contribution in [2.75, 3.05) is 11.1 Å². The lowest BCUT2D eigenvalue weighted by Gasteiger charge is -2.08. The average molecular weight is 244 g/mol. The number of nitrogen functional groups attached to an aromatic ring is 1. The van der Waals surface area contributed by atoms with Crippen molar-refractivity contribution < 1.29 is 9.18 Å². The van der Waals surface area contributed by atoms with Crippen molar-refractivity contribution in [1.82, 2.24) is 0 Å². The quantitative estimate of drug-likeness (QED) is 0.815. The second kappa shape index (κ2) is 5.31. The summed E-state index contributed by atoms with van der Waals surface area (Å²) in [6.45, 7) is 0. The number of halogens is 1. The van der Waals surface area contributed by atoms with Gasteiger partial charge in [-0.3, -0.25) is 4.79 Å². The molecule has 1 amide bonds. The number of rotatable bonds is 3. The highest BCUT2D eigenvalue weighted by Crippen LogP contribution is 2.19. The highest BCUT2D eigenvalue weighted by molar-refractivity contribution is 5.95. The fourth-order valence-electron chi connectivity index (χ4n) is 1.61. The lowest BCUT2D eigenvalue weighted by molar-refractivity contribution is -0.115. The Balaban J connectivity index is 2.05. The fourth-order valence-corrected chi connectivity index (χ4v) is 1.61. The Kier molecular flexibility index (Phi) is 3.57. The number of carbonyl (C=O) groups excluding carboxylic acids is 1. The van der Waals surface area contributed by atoms with Crippen LogP contribution in [-0.4, -0.2) is 5.91 Å². The lowest BCUT2D eigenvalue weighted by atomic mass is 10.1. The van der Waals surface area contributed by atoms with Gasteiger partial charge in [0.05, 0.1) is 17.8 Å². The molecule has 2 aromatic carbocycles. The third-order valence-electron chi connectivity index (χ3n) is 2.50. The Bertz CT molecular complexity index is 555. The van der Waals surface area contributed by atoms with Crippen LogP contribution in [0.1, 0.15) is 5.56 Å². The van der Waals surface area contributed by atoms with Crippen LogP contribution in [0.5, 0.6) is 0 Å². The van der Waals surface area contributed by atoms with Crippen LogP contribution in [0.4, 0.5) is 15.8 Å². The molecular weight excluding hydrogens is 231 g/mol. The summed E-state index contributed by atoms with van der Waals surface area (Å²) in [5.41, 5.74) is 7.19. The van der Waals surface area contributed by atoms with E-state index in [9.17, 15) is 9.18 Å². The minimum Gasteiger partial charge on any atom is -0.397 e. The van der Waals surface area contributed by atoms with E-state index in [0.29, 0.717) is 11.4 Å². The molecule has 0 aliphatic rings. The van der Waals surface area contributed by atoms with Crippen LogP contribution >= 0.6 is 0 Å². The Morgan fingerprint density at radius 2 is 1.89 bits per heavy atom. The topological polar surface area (TPSA) is 55.1 Å². The van der Waals surface area contributed by atoms with Crippen molar-refractivity contribution in [2.24, 2.45) is 0 Å². The molecule has 92 valence electrons. The van der Waals surface area contributed by atoms with Crippen molar-refractivity contribution in [2.45, 2.75) is 6.42 Å². The zero-order valence-electron chi connectivity index (χ0n) is 9.69. The van der Waals surface area contributed by atoms with Crippen LogP contribution in [0.2, 0.25) is 0 Å². The van der Waals surface area contributed by atoms with E-state index in [0.717, 1.165) is 5.56 Å². The average Bonchev–Trinajstić information content (AvgIpc) is 2.35. The third kappa shape index (κ3) is 3.07. The van der Waals surface area contributed by atoms with E-state index in [1.54, 1.807) is 0 Å². The van der Waals surface area contributed by atoms with Crippen molar-refractivity contribution >= 4 is 17.3 Å². The molecule has 18 heavy (non-hydrogen) atoms. The first-order valence-electron chi connectivity index (χ1n) is 5.54. The van der Waals surface area contributed by atoms with E-state index in [-0.39, 0.29) is 12.3 Å². The maximum atomic E-state index is 13.0. The molecule has 2 aromatic rings. The monoisotopic (exact) mass is 244 g/mol. The number of nitrogens with one attached hydrogen (secondary N) is 1. The van der Waals surface area contributed by atoms with Gasteiger partial charge in [-0.1, -0.05) is 30.3 Å². The van der Waals surface area contributed by atoms with E-state index in [1.165, 1.54) is 18.2 Å². The molecule has 0 heterocycles. The summed E-state index contributed by atoms with van der Waals surface area (Å²) in [4.78, 5) is 11.8. The maximum absolute atomic E-state index is 13.0. The van der Waals surface area contributed by atoms with Crippen LogP contribution in [0.15, 0.2) is 48.5 Å². The summed E-state index contributed by atoms with van der Waals surface area (Å²) in [6, 6.07) is 13.2. The highest BCUT2D eigenvalue weighted by Gasteiger charge is 2.07. The van der Waals surface area contributed by atoms with Gasteiger partial charge in [0.25, 0.3) is 0 Å². The molecule has 0 bridgehead atoms. The standard InChI is InChI=1S/C14H13FN2O/c15-11-6-7-12(16)13(9-11)17-14(18)8-10-4-2-1-3-5-10/h1-7,9H,8,16H2,(H,17,18). The SMILES string of the molecule is Nc1ccc(F)cc1NC(=O)Cc1ccccc1.